The van der Waals surface area contributed by atoms with E-state index in [0.29, 0.717) is 16.8 Å². The third-order valence-corrected chi connectivity index (χ3v) is 4.72. The van der Waals surface area contributed by atoms with Gasteiger partial charge >= 0.3 is 0 Å². The molecule has 0 aliphatic carbocycles. The molecule has 0 radical (unpaired) electrons. The number of hydrogen-bond acceptors (Lipinski definition) is 5. The summed E-state index contributed by atoms with van der Waals surface area (Å²) in [6, 6.07) is 14.9. The van der Waals surface area contributed by atoms with E-state index >= 15 is 0 Å². The second-order valence-corrected chi connectivity index (χ2v) is 6.66. The Bertz CT molecular complexity index is 990. The van der Waals surface area contributed by atoms with Crippen molar-refractivity contribution in [1.82, 2.24) is 4.72 Å². The molecule has 3 rings (SSSR count). The summed E-state index contributed by atoms with van der Waals surface area (Å²) in [6.07, 6.45) is 0. The minimum Gasteiger partial charge on any atom is -0.324 e. The Labute approximate surface area is 138 Å². The van der Waals surface area contributed by atoms with Crippen LogP contribution >= 0.6 is 0 Å². The Balaban J connectivity index is 1.75. The lowest BCUT2D eigenvalue weighted by atomic mass is 10.2. The van der Waals surface area contributed by atoms with E-state index in [2.05, 4.69) is 15.0 Å². The zero-order chi connectivity index (χ0) is 17.2. The molecule has 24 heavy (non-hydrogen) atoms. The van der Waals surface area contributed by atoms with Crippen molar-refractivity contribution in [3.8, 4) is 6.07 Å². The summed E-state index contributed by atoms with van der Waals surface area (Å²) in [6.45, 7) is -0.247. The van der Waals surface area contributed by atoms with Crippen molar-refractivity contribution >= 4 is 27.5 Å². The van der Waals surface area contributed by atoms with Gasteiger partial charge in [0.1, 0.15) is 12.4 Å². The van der Waals surface area contributed by atoms with Crippen molar-refractivity contribution in [2.45, 2.75) is 4.90 Å². The highest BCUT2D eigenvalue weighted by atomic mass is 32.2. The summed E-state index contributed by atoms with van der Waals surface area (Å²) in [5, 5.41) is 11.4. The number of anilines is 1. The number of nitrogens with zero attached hydrogens (tertiary/aromatic N) is 2. The molecule has 7 nitrogen and oxygen atoms in total. The first-order valence-corrected chi connectivity index (χ1v) is 8.44. The summed E-state index contributed by atoms with van der Waals surface area (Å²) in [7, 11) is -3.62. The van der Waals surface area contributed by atoms with Gasteiger partial charge < -0.3 is 5.32 Å². The van der Waals surface area contributed by atoms with Crippen LogP contribution in [-0.4, -0.2) is 26.7 Å². The number of rotatable bonds is 3. The SMILES string of the molecule is N#Cc1cccc(NC(=O)CN=C2NS(=O)(=O)c3ccccc32)c1. The minimum absolute atomic E-state index is 0.144. The summed E-state index contributed by atoms with van der Waals surface area (Å²) in [5.74, 6) is -0.271. The number of amidine groups is 1. The van der Waals surface area contributed by atoms with E-state index in [1.165, 1.54) is 6.07 Å². The molecule has 2 aromatic rings. The Morgan fingerprint density at radius 1 is 1.21 bits per heavy atom. The topological polar surface area (TPSA) is 111 Å². The molecule has 0 unspecified atom stereocenters. The van der Waals surface area contributed by atoms with Crippen LogP contribution in [-0.2, 0) is 14.8 Å². The Hall–Kier alpha value is -3.18. The number of nitriles is 1. The summed E-state index contributed by atoms with van der Waals surface area (Å²) < 4.78 is 26.2. The van der Waals surface area contributed by atoms with Crippen LogP contribution < -0.4 is 10.0 Å². The number of carbonyl (C=O) groups is 1. The Kier molecular flexibility index (Phi) is 4.02. The van der Waals surface area contributed by atoms with Gasteiger partial charge in [0.05, 0.1) is 16.5 Å². The van der Waals surface area contributed by atoms with Crippen LogP contribution in [0.4, 0.5) is 5.69 Å². The van der Waals surface area contributed by atoms with Crippen LogP contribution in [0.3, 0.4) is 0 Å². The molecule has 8 heteroatoms. The Morgan fingerprint density at radius 3 is 2.79 bits per heavy atom. The summed E-state index contributed by atoms with van der Waals surface area (Å²) >= 11 is 0. The quantitative estimate of drug-likeness (QED) is 0.875. The lowest BCUT2D eigenvalue weighted by molar-refractivity contribution is -0.114. The van der Waals surface area contributed by atoms with Gasteiger partial charge in [-0.15, -0.1) is 0 Å². The molecule has 0 fully saturated rings. The van der Waals surface area contributed by atoms with Crippen molar-refractivity contribution < 1.29 is 13.2 Å². The third kappa shape index (κ3) is 3.11. The number of amides is 1. The van der Waals surface area contributed by atoms with Crippen molar-refractivity contribution in [3.05, 3.63) is 59.7 Å². The number of aliphatic imine (C=N–C) groups is 1. The molecule has 2 aromatic carbocycles. The normalized spacial score (nSPS) is 16.0. The van der Waals surface area contributed by atoms with E-state index in [9.17, 15) is 13.2 Å². The third-order valence-electron chi connectivity index (χ3n) is 3.32. The molecule has 0 atom stereocenters. The number of benzene rings is 2. The van der Waals surface area contributed by atoms with Crippen molar-refractivity contribution in [2.24, 2.45) is 4.99 Å². The maximum Gasteiger partial charge on any atom is 0.263 e. The number of carbonyl (C=O) groups excluding carboxylic acids is 1. The second-order valence-electron chi connectivity index (χ2n) is 5.01. The van der Waals surface area contributed by atoms with Gasteiger partial charge in [-0.3, -0.25) is 14.5 Å². The number of fused-ring (bicyclic) bond motifs is 1. The fourth-order valence-corrected chi connectivity index (χ4v) is 3.52. The highest BCUT2D eigenvalue weighted by molar-refractivity contribution is 7.90. The molecule has 0 spiro atoms. The molecular formula is C16H12N4O3S. The average Bonchev–Trinajstić information content (AvgIpc) is 2.84. The zero-order valence-corrected chi connectivity index (χ0v) is 13.2. The lowest BCUT2D eigenvalue weighted by Gasteiger charge is -2.04. The first-order valence-electron chi connectivity index (χ1n) is 6.96. The molecule has 2 N–H and O–H groups in total. The zero-order valence-electron chi connectivity index (χ0n) is 12.4. The van der Waals surface area contributed by atoms with E-state index < -0.39 is 15.9 Å². The monoisotopic (exact) mass is 340 g/mol. The predicted molar refractivity (Wildman–Crippen MR) is 88.0 cm³/mol. The minimum atomic E-state index is -3.62. The van der Waals surface area contributed by atoms with E-state index in [1.54, 1.807) is 42.5 Å². The molecule has 0 saturated carbocycles. The summed E-state index contributed by atoms with van der Waals surface area (Å²) in [4.78, 5) is 16.2. The average molecular weight is 340 g/mol. The fourth-order valence-electron chi connectivity index (χ4n) is 2.27. The van der Waals surface area contributed by atoms with Crippen LogP contribution in [0.2, 0.25) is 0 Å². The highest BCUT2D eigenvalue weighted by Crippen LogP contribution is 2.22. The maximum absolute atomic E-state index is 12.0. The van der Waals surface area contributed by atoms with E-state index in [-0.39, 0.29) is 17.3 Å². The first kappa shape index (κ1) is 15.7. The van der Waals surface area contributed by atoms with Gasteiger partial charge in [-0.1, -0.05) is 18.2 Å². The molecule has 1 aliphatic heterocycles. The molecule has 0 saturated heterocycles. The van der Waals surface area contributed by atoms with Gasteiger partial charge in [0.15, 0.2) is 0 Å². The van der Waals surface area contributed by atoms with Gasteiger partial charge in [-0.25, -0.2) is 8.42 Å². The van der Waals surface area contributed by atoms with Crippen LogP contribution in [0.25, 0.3) is 0 Å². The molecule has 0 bridgehead atoms. The lowest BCUT2D eigenvalue weighted by Crippen LogP contribution is -2.24. The van der Waals surface area contributed by atoms with Gasteiger partial charge in [-0.05, 0) is 30.3 Å². The van der Waals surface area contributed by atoms with Gasteiger partial charge in [0.2, 0.25) is 5.91 Å². The fraction of sp³-hybridized carbons (Fsp3) is 0.0625. The van der Waals surface area contributed by atoms with Crippen molar-refractivity contribution in [2.75, 3.05) is 11.9 Å². The molecular weight excluding hydrogens is 328 g/mol. The predicted octanol–water partition coefficient (Wildman–Crippen LogP) is 1.24. The first-order chi connectivity index (χ1) is 11.5. The molecule has 1 heterocycles. The largest absolute Gasteiger partial charge is 0.324 e. The summed E-state index contributed by atoms with van der Waals surface area (Å²) in [5.41, 5.74) is 1.35. The van der Waals surface area contributed by atoms with Crippen LogP contribution in [0.1, 0.15) is 11.1 Å². The number of sulfonamides is 1. The molecule has 1 amide bonds. The molecule has 0 aromatic heterocycles. The molecule has 1 aliphatic rings. The smallest absolute Gasteiger partial charge is 0.263 e. The number of hydrogen-bond donors (Lipinski definition) is 2. The van der Waals surface area contributed by atoms with Crippen molar-refractivity contribution in [1.29, 1.82) is 5.26 Å². The standard InChI is InChI=1S/C16H12N4O3S/c17-9-11-4-3-5-12(8-11)19-15(21)10-18-16-13-6-1-2-7-14(13)24(22,23)20-16/h1-8H,10H2,(H,18,20)(H,19,21). The van der Waals surface area contributed by atoms with Gasteiger partial charge in [0.25, 0.3) is 10.0 Å². The van der Waals surface area contributed by atoms with Gasteiger partial charge in [-0.2, -0.15) is 5.26 Å². The van der Waals surface area contributed by atoms with Crippen LogP contribution in [0.15, 0.2) is 58.4 Å². The van der Waals surface area contributed by atoms with Gasteiger partial charge in [0, 0.05) is 11.3 Å². The van der Waals surface area contributed by atoms with Crippen molar-refractivity contribution in [3.63, 3.8) is 0 Å². The van der Waals surface area contributed by atoms with E-state index in [0.717, 1.165) is 0 Å². The maximum atomic E-state index is 12.0. The number of nitrogens with one attached hydrogen (secondary N) is 2. The van der Waals surface area contributed by atoms with E-state index in [4.69, 9.17) is 5.26 Å². The van der Waals surface area contributed by atoms with Crippen LogP contribution in [0.5, 0.6) is 0 Å². The highest BCUT2D eigenvalue weighted by Gasteiger charge is 2.30. The second kappa shape index (κ2) is 6.14. The van der Waals surface area contributed by atoms with Crippen LogP contribution in [0, 0.1) is 11.3 Å². The molecule has 120 valence electrons. The van der Waals surface area contributed by atoms with E-state index in [1.807, 2.05) is 6.07 Å². The Morgan fingerprint density at radius 2 is 2.00 bits per heavy atom.